The van der Waals surface area contributed by atoms with Gasteiger partial charge in [0.05, 0.1) is 11.1 Å². The summed E-state index contributed by atoms with van der Waals surface area (Å²) in [5, 5.41) is 4.93. The minimum atomic E-state index is -4.91. The predicted octanol–water partition coefficient (Wildman–Crippen LogP) is 5.06. The van der Waals surface area contributed by atoms with E-state index in [1.807, 2.05) is 6.42 Å². The summed E-state index contributed by atoms with van der Waals surface area (Å²) in [5.41, 5.74) is -2.62. The third kappa shape index (κ3) is 4.98. The van der Waals surface area contributed by atoms with Gasteiger partial charge in [0, 0.05) is 11.4 Å². The van der Waals surface area contributed by atoms with Gasteiger partial charge in [-0.2, -0.15) is 26.3 Å². The molecule has 1 aliphatic rings. The lowest BCUT2D eigenvalue weighted by Crippen LogP contribution is -2.28. The molecule has 129 valence electrons. The zero-order chi connectivity index (χ0) is 18.0. The molecule has 0 saturated carbocycles. The first-order valence-electron chi connectivity index (χ1n) is 6.63. The van der Waals surface area contributed by atoms with E-state index in [0.29, 0.717) is 24.3 Å². The molecule has 0 spiro atoms. The van der Waals surface area contributed by atoms with E-state index in [9.17, 15) is 26.3 Å². The van der Waals surface area contributed by atoms with Crippen LogP contribution in [-0.4, -0.2) is 5.11 Å². The number of allylic oxidation sites excluding steroid dienone is 3. The van der Waals surface area contributed by atoms with Gasteiger partial charge in [-0.25, -0.2) is 0 Å². The van der Waals surface area contributed by atoms with Gasteiger partial charge in [-0.3, -0.25) is 0 Å². The third-order valence-electron chi connectivity index (χ3n) is 2.99. The van der Waals surface area contributed by atoms with Crippen LogP contribution in [0.3, 0.4) is 0 Å². The molecule has 0 heterocycles. The fourth-order valence-corrected chi connectivity index (χ4v) is 2.16. The SMILES string of the molecule is FC(F)(F)c1cc(NC(=S)NC2=CC[CH]C=C2)cc(C(F)(F)F)c1. The summed E-state index contributed by atoms with van der Waals surface area (Å²) >= 11 is 4.92. The fraction of sp³-hybridized carbons (Fsp3) is 0.200. The van der Waals surface area contributed by atoms with Gasteiger partial charge in [-0.05, 0) is 49.3 Å². The van der Waals surface area contributed by atoms with Crippen molar-refractivity contribution in [2.45, 2.75) is 18.8 Å². The van der Waals surface area contributed by atoms with E-state index in [4.69, 9.17) is 12.2 Å². The summed E-state index contributed by atoms with van der Waals surface area (Å²) in [6.45, 7) is 0. The van der Waals surface area contributed by atoms with E-state index in [-0.39, 0.29) is 11.2 Å². The summed E-state index contributed by atoms with van der Waals surface area (Å²) < 4.78 is 76.7. The minimum absolute atomic E-state index is 0.0594. The Kier molecular flexibility index (Phi) is 5.22. The Balaban J connectivity index is 2.23. The van der Waals surface area contributed by atoms with Crippen LogP contribution in [0.2, 0.25) is 0 Å². The van der Waals surface area contributed by atoms with Gasteiger partial charge in [-0.1, -0.05) is 12.2 Å². The lowest BCUT2D eigenvalue weighted by atomic mass is 10.1. The molecule has 9 heteroatoms. The number of anilines is 1. The highest BCUT2D eigenvalue weighted by Crippen LogP contribution is 2.37. The highest BCUT2D eigenvalue weighted by molar-refractivity contribution is 7.80. The molecule has 1 radical (unpaired) electrons. The summed E-state index contributed by atoms with van der Waals surface area (Å²) in [4.78, 5) is 0. The zero-order valence-electron chi connectivity index (χ0n) is 11.9. The molecule has 2 rings (SSSR count). The van der Waals surface area contributed by atoms with Crippen molar-refractivity contribution in [2.24, 2.45) is 0 Å². The van der Waals surface area contributed by atoms with Crippen LogP contribution in [0.5, 0.6) is 0 Å². The lowest BCUT2D eigenvalue weighted by molar-refractivity contribution is -0.143. The van der Waals surface area contributed by atoms with Crippen LogP contribution in [0.1, 0.15) is 17.5 Å². The van der Waals surface area contributed by atoms with E-state index in [2.05, 4.69) is 10.6 Å². The smallest absolute Gasteiger partial charge is 0.333 e. The molecule has 24 heavy (non-hydrogen) atoms. The molecule has 0 amide bonds. The summed E-state index contributed by atoms with van der Waals surface area (Å²) in [5.74, 6) is 0. The lowest BCUT2D eigenvalue weighted by Gasteiger charge is -2.17. The van der Waals surface area contributed by atoms with E-state index in [0.717, 1.165) is 0 Å². The van der Waals surface area contributed by atoms with Gasteiger partial charge in [0.15, 0.2) is 5.11 Å². The normalized spacial score (nSPS) is 15.0. The molecule has 0 fully saturated rings. The van der Waals surface area contributed by atoms with Crippen molar-refractivity contribution in [3.05, 3.63) is 59.7 Å². The van der Waals surface area contributed by atoms with Crippen molar-refractivity contribution < 1.29 is 26.3 Å². The highest BCUT2D eigenvalue weighted by atomic mass is 32.1. The van der Waals surface area contributed by atoms with Crippen LogP contribution >= 0.6 is 12.2 Å². The maximum absolute atomic E-state index is 12.8. The minimum Gasteiger partial charge on any atom is -0.333 e. The van der Waals surface area contributed by atoms with E-state index >= 15 is 0 Å². The number of hydrogen-bond donors (Lipinski definition) is 2. The Labute approximate surface area is 139 Å². The molecule has 0 atom stereocenters. The molecule has 1 aromatic carbocycles. The Morgan fingerprint density at radius 3 is 1.96 bits per heavy atom. The van der Waals surface area contributed by atoms with E-state index in [1.165, 1.54) is 0 Å². The number of nitrogens with one attached hydrogen (secondary N) is 2. The van der Waals surface area contributed by atoms with Crippen molar-refractivity contribution in [1.29, 1.82) is 0 Å². The van der Waals surface area contributed by atoms with Gasteiger partial charge in [0.2, 0.25) is 0 Å². The molecule has 2 nitrogen and oxygen atoms in total. The molecular formula is C15H11F6N2S. The molecule has 1 aliphatic carbocycles. The molecule has 0 aliphatic heterocycles. The zero-order valence-corrected chi connectivity index (χ0v) is 12.7. The predicted molar refractivity (Wildman–Crippen MR) is 81.9 cm³/mol. The quantitative estimate of drug-likeness (QED) is 0.566. The number of benzene rings is 1. The second-order valence-corrected chi connectivity index (χ2v) is 5.27. The van der Waals surface area contributed by atoms with Gasteiger partial charge < -0.3 is 10.6 Å². The van der Waals surface area contributed by atoms with Crippen molar-refractivity contribution in [3.8, 4) is 0 Å². The monoisotopic (exact) mass is 365 g/mol. The molecule has 0 unspecified atom stereocenters. The molecule has 0 saturated heterocycles. The van der Waals surface area contributed by atoms with Gasteiger partial charge >= 0.3 is 12.4 Å². The first kappa shape index (κ1) is 18.3. The van der Waals surface area contributed by atoms with E-state index in [1.54, 1.807) is 18.2 Å². The van der Waals surface area contributed by atoms with E-state index < -0.39 is 29.2 Å². The number of hydrogen-bond acceptors (Lipinski definition) is 1. The first-order valence-corrected chi connectivity index (χ1v) is 7.04. The molecule has 0 bridgehead atoms. The molecular weight excluding hydrogens is 354 g/mol. The van der Waals surface area contributed by atoms with Crippen molar-refractivity contribution >= 4 is 23.0 Å². The number of halogens is 6. The fourth-order valence-electron chi connectivity index (χ4n) is 1.93. The first-order chi connectivity index (χ1) is 11.1. The van der Waals surface area contributed by atoms with Crippen LogP contribution in [0.15, 0.2) is 42.1 Å². The standard InChI is InChI=1S/C15H11F6N2S/c16-14(17,18)9-6-10(15(19,20)21)8-12(7-9)23-13(24)22-11-4-2-1-3-5-11/h1-2,4-8H,3H2,(H2,22,23,24). The van der Waals surface area contributed by atoms with Crippen LogP contribution in [0.4, 0.5) is 32.0 Å². The van der Waals surface area contributed by atoms with Gasteiger partial charge in [0.1, 0.15) is 0 Å². The Bertz CT molecular complexity index is 656. The largest absolute Gasteiger partial charge is 0.416 e. The number of alkyl halides is 6. The van der Waals surface area contributed by atoms with Gasteiger partial charge in [-0.15, -0.1) is 0 Å². The molecule has 2 N–H and O–H groups in total. The topological polar surface area (TPSA) is 24.1 Å². The maximum atomic E-state index is 12.8. The Morgan fingerprint density at radius 2 is 1.50 bits per heavy atom. The Hall–Kier alpha value is -2.03. The Morgan fingerprint density at radius 1 is 0.917 bits per heavy atom. The summed E-state index contributed by atoms with van der Waals surface area (Å²) in [6.07, 6.45) is -2.12. The second kappa shape index (κ2) is 6.84. The van der Waals surface area contributed by atoms with Crippen molar-refractivity contribution in [2.75, 3.05) is 5.32 Å². The van der Waals surface area contributed by atoms with Crippen LogP contribution < -0.4 is 10.6 Å². The van der Waals surface area contributed by atoms with Crippen LogP contribution in [-0.2, 0) is 12.4 Å². The summed E-state index contributed by atoms with van der Waals surface area (Å²) in [7, 11) is 0. The highest BCUT2D eigenvalue weighted by Gasteiger charge is 2.37. The van der Waals surface area contributed by atoms with Crippen molar-refractivity contribution in [1.82, 2.24) is 5.32 Å². The van der Waals surface area contributed by atoms with Gasteiger partial charge in [0.25, 0.3) is 0 Å². The van der Waals surface area contributed by atoms with Crippen molar-refractivity contribution in [3.63, 3.8) is 0 Å². The average Bonchev–Trinajstić information content (AvgIpc) is 2.46. The maximum Gasteiger partial charge on any atom is 0.416 e. The van der Waals surface area contributed by atoms with Crippen LogP contribution in [0, 0.1) is 6.42 Å². The van der Waals surface area contributed by atoms with Crippen LogP contribution in [0.25, 0.3) is 0 Å². The molecule has 1 aromatic rings. The number of rotatable bonds is 2. The summed E-state index contributed by atoms with van der Waals surface area (Å²) in [6, 6.07) is 1.20. The average molecular weight is 365 g/mol. The molecule has 0 aromatic heterocycles. The second-order valence-electron chi connectivity index (χ2n) is 4.86. The number of thiocarbonyl (C=S) groups is 1. The third-order valence-corrected chi connectivity index (χ3v) is 3.19.